The highest BCUT2D eigenvalue weighted by atomic mass is 35.5. The Morgan fingerprint density at radius 3 is 1.93 bits per heavy atom. The van der Waals surface area contributed by atoms with Gasteiger partial charge in [-0.25, -0.2) is 13.2 Å². The summed E-state index contributed by atoms with van der Waals surface area (Å²) in [6.07, 6.45) is 0. The normalized spacial score (nSPS) is 13.7. The van der Waals surface area contributed by atoms with E-state index in [1.807, 2.05) is 0 Å². The molecule has 0 atom stereocenters. The number of nitrogen functional groups attached to an aromatic ring is 1. The van der Waals surface area contributed by atoms with Crippen molar-refractivity contribution in [1.29, 1.82) is 5.41 Å². The van der Waals surface area contributed by atoms with E-state index in [2.05, 4.69) is 4.74 Å². The number of carbonyl (C=O) groups excluding carboxylic acids is 2. The minimum absolute atomic E-state index is 0. The summed E-state index contributed by atoms with van der Waals surface area (Å²) in [6, 6.07) is 12.3. The molecule has 0 saturated carbocycles. The molecule has 0 unspecified atom stereocenters. The van der Waals surface area contributed by atoms with Crippen LogP contribution in [0.2, 0.25) is 0 Å². The van der Waals surface area contributed by atoms with Gasteiger partial charge in [-0.3, -0.25) is 20.0 Å². The van der Waals surface area contributed by atoms with Crippen LogP contribution in [0.1, 0.15) is 5.56 Å². The molecular formula is C19H21ClN4O5S. The summed E-state index contributed by atoms with van der Waals surface area (Å²) in [6.45, 7) is 0.891. The molecule has 2 amide bonds. The van der Waals surface area contributed by atoms with Crippen LogP contribution in [0, 0.1) is 5.41 Å². The number of halogens is 1. The largest absolute Gasteiger partial charge is 0.468 e. The van der Waals surface area contributed by atoms with Crippen molar-refractivity contribution in [2.75, 3.05) is 35.8 Å². The number of carbonyl (C=O) groups is 2. The number of ether oxygens (including phenoxy) is 1. The minimum atomic E-state index is -3.81. The number of nitrogens with two attached hydrogens (primary N) is 1. The second-order valence-corrected chi connectivity index (χ2v) is 8.37. The van der Waals surface area contributed by atoms with Gasteiger partial charge < -0.3 is 10.5 Å². The lowest BCUT2D eigenvalue weighted by Crippen LogP contribution is -2.31. The number of nitrogens with zero attached hydrogens (tertiary/aromatic N) is 2. The molecule has 1 aliphatic rings. The van der Waals surface area contributed by atoms with Crippen molar-refractivity contribution in [3.8, 4) is 0 Å². The number of rotatable bonds is 6. The van der Waals surface area contributed by atoms with E-state index < -0.39 is 21.6 Å². The van der Waals surface area contributed by atoms with Gasteiger partial charge >= 0.3 is 12.0 Å². The molecule has 11 heteroatoms. The van der Waals surface area contributed by atoms with E-state index in [1.165, 1.54) is 29.2 Å². The average molecular weight is 453 g/mol. The van der Waals surface area contributed by atoms with Crippen LogP contribution in [0.25, 0.3) is 0 Å². The molecule has 0 aromatic heterocycles. The van der Waals surface area contributed by atoms with Crippen LogP contribution in [0.4, 0.5) is 16.2 Å². The number of amidine groups is 1. The SMILES string of the molecule is COC(=O)CS(=O)(=O)c1ccc(N2CCN(c3ccc(C(=N)N)cc3)C2=O)cc1.Cl. The highest BCUT2D eigenvalue weighted by Gasteiger charge is 2.31. The number of sulfone groups is 1. The molecule has 3 rings (SSSR count). The zero-order valence-corrected chi connectivity index (χ0v) is 17.7. The molecule has 0 aliphatic carbocycles. The number of amides is 2. The number of urea groups is 1. The number of methoxy groups -OCH3 is 1. The first-order chi connectivity index (χ1) is 13.7. The summed E-state index contributed by atoms with van der Waals surface area (Å²) in [5.74, 6) is -1.63. The number of anilines is 2. The van der Waals surface area contributed by atoms with Crippen LogP contribution < -0.4 is 15.5 Å². The van der Waals surface area contributed by atoms with Crippen molar-refractivity contribution in [2.24, 2.45) is 5.73 Å². The standard InChI is InChI=1S/C19H20N4O5S.ClH/c1-28-17(24)12-29(26,27)16-8-6-15(7-9-16)23-11-10-22(19(23)25)14-4-2-13(3-5-14)18(20)21;/h2-9H,10-12H2,1H3,(H3,20,21);1H. The van der Waals surface area contributed by atoms with Crippen LogP contribution in [-0.2, 0) is 19.4 Å². The first-order valence-corrected chi connectivity index (χ1v) is 10.3. The van der Waals surface area contributed by atoms with E-state index in [4.69, 9.17) is 11.1 Å². The van der Waals surface area contributed by atoms with Crippen LogP contribution in [0.15, 0.2) is 53.4 Å². The Balaban J connectivity index is 0.00000320. The predicted molar refractivity (Wildman–Crippen MR) is 115 cm³/mol. The summed E-state index contributed by atoms with van der Waals surface area (Å²) in [5, 5.41) is 7.43. The average Bonchev–Trinajstić information content (AvgIpc) is 3.09. The van der Waals surface area contributed by atoms with E-state index in [1.54, 1.807) is 29.2 Å². The van der Waals surface area contributed by atoms with E-state index in [0.717, 1.165) is 7.11 Å². The molecule has 0 bridgehead atoms. The second-order valence-electron chi connectivity index (χ2n) is 6.38. The smallest absolute Gasteiger partial charge is 0.329 e. The quantitative estimate of drug-likeness (QED) is 0.390. The number of hydrogen-bond donors (Lipinski definition) is 2. The fourth-order valence-electron chi connectivity index (χ4n) is 2.97. The van der Waals surface area contributed by atoms with Gasteiger partial charge in [-0.1, -0.05) is 0 Å². The Labute approximate surface area is 180 Å². The van der Waals surface area contributed by atoms with Crippen molar-refractivity contribution < 1.29 is 22.7 Å². The van der Waals surface area contributed by atoms with Crippen LogP contribution >= 0.6 is 12.4 Å². The summed E-state index contributed by atoms with van der Waals surface area (Å²) >= 11 is 0. The van der Waals surface area contributed by atoms with Gasteiger partial charge in [-0.05, 0) is 48.5 Å². The van der Waals surface area contributed by atoms with Gasteiger partial charge in [0, 0.05) is 30.0 Å². The molecule has 30 heavy (non-hydrogen) atoms. The summed E-state index contributed by atoms with van der Waals surface area (Å²) in [4.78, 5) is 27.2. The monoisotopic (exact) mass is 452 g/mol. The molecule has 1 fully saturated rings. The Morgan fingerprint density at radius 2 is 1.50 bits per heavy atom. The highest BCUT2D eigenvalue weighted by molar-refractivity contribution is 7.92. The molecule has 0 spiro atoms. The van der Waals surface area contributed by atoms with Gasteiger partial charge in [0.2, 0.25) is 0 Å². The van der Waals surface area contributed by atoms with Crippen molar-refractivity contribution in [1.82, 2.24) is 0 Å². The third kappa shape index (κ3) is 4.71. The lowest BCUT2D eigenvalue weighted by atomic mass is 10.2. The number of nitrogens with one attached hydrogen (secondary N) is 1. The minimum Gasteiger partial charge on any atom is -0.468 e. The van der Waals surface area contributed by atoms with Gasteiger partial charge in [-0.2, -0.15) is 0 Å². The lowest BCUT2D eigenvalue weighted by molar-refractivity contribution is -0.137. The molecule has 1 aliphatic heterocycles. The number of hydrogen-bond acceptors (Lipinski definition) is 6. The van der Waals surface area contributed by atoms with Crippen LogP contribution in [0.5, 0.6) is 0 Å². The molecule has 0 radical (unpaired) electrons. The fraction of sp³-hybridized carbons (Fsp3) is 0.211. The van der Waals surface area contributed by atoms with Gasteiger partial charge in [0.25, 0.3) is 0 Å². The van der Waals surface area contributed by atoms with Crippen molar-refractivity contribution in [3.63, 3.8) is 0 Å². The van der Waals surface area contributed by atoms with Gasteiger partial charge in [-0.15, -0.1) is 12.4 Å². The lowest BCUT2D eigenvalue weighted by Gasteiger charge is -2.19. The summed E-state index contributed by atoms with van der Waals surface area (Å²) in [5.41, 5.74) is 7.25. The molecule has 3 N–H and O–H groups in total. The number of esters is 1. The number of benzene rings is 2. The zero-order chi connectivity index (χ0) is 21.2. The third-order valence-corrected chi connectivity index (χ3v) is 6.15. The Hall–Kier alpha value is -3.11. The Morgan fingerprint density at radius 1 is 1.03 bits per heavy atom. The summed E-state index contributed by atoms with van der Waals surface area (Å²) < 4.78 is 28.8. The van der Waals surface area contributed by atoms with Crippen molar-refractivity contribution in [3.05, 3.63) is 54.1 Å². The molecule has 1 saturated heterocycles. The molecule has 160 valence electrons. The molecule has 2 aromatic rings. The molecule has 2 aromatic carbocycles. The molecular weight excluding hydrogens is 432 g/mol. The van der Waals surface area contributed by atoms with E-state index in [9.17, 15) is 18.0 Å². The van der Waals surface area contributed by atoms with Crippen molar-refractivity contribution >= 4 is 51.5 Å². The van der Waals surface area contributed by atoms with Gasteiger partial charge in [0.1, 0.15) is 5.84 Å². The van der Waals surface area contributed by atoms with Gasteiger partial charge in [0.15, 0.2) is 15.6 Å². The topological polar surface area (TPSA) is 134 Å². The highest BCUT2D eigenvalue weighted by Crippen LogP contribution is 2.26. The van der Waals surface area contributed by atoms with E-state index >= 15 is 0 Å². The zero-order valence-electron chi connectivity index (χ0n) is 16.1. The molecule has 9 nitrogen and oxygen atoms in total. The molecule has 1 heterocycles. The summed E-state index contributed by atoms with van der Waals surface area (Å²) in [7, 11) is -2.68. The third-order valence-electron chi connectivity index (χ3n) is 4.54. The van der Waals surface area contributed by atoms with E-state index in [-0.39, 0.29) is 29.2 Å². The Bertz CT molecular complexity index is 1060. The van der Waals surface area contributed by atoms with Gasteiger partial charge in [0.05, 0.1) is 12.0 Å². The van der Waals surface area contributed by atoms with Crippen LogP contribution in [-0.4, -0.2) is 52.2 Å². The second kappa shape index (κ2) is 9.14. The Kier molecular flexibility index (Phi) is 7.06. The fourth-order valence-corrected chi connectivity index (χ4v) is 4.11. The maximum Gasteiger partial charge on any atom is 0.329 e. The van der Waals surface area contributed by atoms with Crippen LogP contribution in [0.3, 0.4) is 0 Å². The predicted octanol–water partition coefficient (Wildman–Crippen LogP) is 1.79. The maximum absolute atomic E-state index is 12.8. The van der Waals surface area contributed by atoms with Crippen molar-refractivity contribution in [2.45, 2.75) is 4.90 Å². The van der Waals surface area contributed by atoms with E-state index in [0.29, 0.717) is 30.0 Å². The first-order valence-electron chi connectivity index (χ1n) is 8.66. The maximum atomic E-state index is 12.8. The first kappa shape index (κ1) is 23.2.